The predicted octanol–water partition coefficient (Wildman–Crippen LogP) is 4.16. The van der Waals surface area contributed by atoms with Gasteiger partial charge in [-0.2, -0.15) is 0 Å². The summed E-state index contributed by atoms with van der Waals surface area (Å²) in [4.78, 5) is 37.3. The fourth-order valence-electron chi connectivity index (χ4n) is 4.26. The van der Waals surface area contributed by atoms with Gasteiger partial charge in [-0.25, -0.2) is 4.79 Å². The summed E-state index contributed by atoms with van der Waals surface area (Å²) in [5, 5.41) is 7.33. The first-order valence-corrected chi connectivity index (χ1v) is 12.4. The molecule has 3 aromatic carbocycles. The molecule has 2 N–H and O–H groups in total. The van der Waals surface area contributed by atoms with E-state index >= 15 is 0 Å². The number of para-hydroxylation sites is 2. The van der Waals surface area contributed by atoms with Crippen molar-refractivity contribution in [3.63, 3.8) is 0 Å². The number of hydrogen-bond acceptors (Lipinski definition) is 5. The number of hydrogen-bond donors (Lipinski definition) is 2. The first-order valence-electron chi connectivity index (χ1n) is 12.4. The molecule has 0 bridgehead atoms. The lowest BCUT2D eigenvalue weighted by molar-refractivity contribution is -0.145. The summed E-state index contributed by atoms with van der Waals surface area (Å²) in [6.07, 6.45) is 4.44. The summed E-state index contributed by atoms with van der Waals surface area (Å²) >= 11 is 0. The van der Waals surface area contributed by atoms with Crippen molar-refractivity contribution in [1.29, 1.82) is 0 Å². The molecule has 0 spiro atoms. The third-order valence-electron chi connectivity index (χ3n) is 6.08. The van der Waals surface area contributed by atoms with Crippen LogP contribution in [0.4, 0.5) is 4.79 Å². The van der Waals surface area contributed by atoms with E-state index < -0.39 is 24.0 Å². The molecule has 1 atom stereocenters. The van der Waals surface area contributed by atoms with Crippen molar-refractivity contribution in [2.75, 3.05) is 13.2 Å². The van der Waals surface area contributed by atoms with Crippen molar-refractivity contribution in [1.82, 2.24) is 15.2 Å². The van der Waals surface area contributed by atoms with Gasteiger partial charge in [0.1, 0.15) is 19.3 Å². The number of benzene rings is 3. The van der Waals surface area contributed by atoms with Gasteiger partial charge < -0.3 is 24.7 Å². The second-order valence-electron chi connectivity index (χ2n) is 8.63. The number of terminal acetylenes is 1. The van der Waals surface area contributed by atoms with Gasteiger partial charge in [0.15, 0.2) is 0 Å². The minimum Gasteiger partial charge on any atom is -0.461 e. The first kappa shape index (κ1) is 26.3. The molecule has 0 radical (unpaired) electrons. The van der Waals surface area contributed by atoms with E-state index in [4.69, 9.17) is 15.9 Å². The average molecular weight is 512 g/mol. The molecule has 0 aliphatic heterocycles. The summed E-state index contributed by atoms with van der Waals surface area (Å²) in [5.41, 5.74) is 2.94. The van der Waals surface area contributed by atoms with E-state index in [1.807, 2.05) is 66.7 Å². The van der Waals surface area contributed by atoms with E-state index in [9.17, 15) is 14.4 Å². The van der Waals surface area contributed by atoms with Crippen LogP contribution < -0.4 is 10.6 Å². The molecule has 8 heteroatoms. The van der Waals surface area contributed by atoms with Gasteiger partial charge in [0.25, 0.3) is 0 Å². The Morgan fingerprint density at radius 1 is 0.868 bits per heavy atom. The Labute approximate surface area is 220 Å². The van der Waals surface area contributed by atoms with Gasteiger partial charge >= 0.3 is 12.1 Å². The number of amides is 2. The van der Waals surface area contributed by atoms with E-state index in [0.717, 1.165) is 27.4 Å². The van der Waals surface area contributed by atoms with Gasteiger partial charge in [-0.3, -0.25) is 9.59 Å². The molecule has 0 fully saturated rings. The minimum atomic E-state index is -1.01. The standard InChI is InChI=1S/C30H29N3O5/c1-2-18-31-29(35)25(16-17-28(34)38-21-22-10-4-3-5-11-22)32-30(36)37-20-19-33-26-14-8-6-12-23(26)24-13-7-9-15-27(24)33/h1,3-15,25H,16-21H2,(H,31,35)(H,32,36)/t25-/m0/s1. The number of aromatic nitrogens is 1. The van der Waals surface area contributed by atoms with E-state index in [0.29, 0.717) is 6.54 Å². The Morgan fingerprint density at radius 2 is 1.50 bits per heavy atom. The normalized spacial score (nSPS) is 11.4. The highest BCUT2D eigenvalue weighted by atomic mass is 16.5. The van der Waals surface area contributed by atoms with Gasteiger partial charge in [-0.05, 0) is 24.1 Å². The average Bonchev–Trinajstić information content (AvgIpc) is 3.27. The molecule has 1 aromatic heterocycles. The number of ether oxygens (including phenoxy) is 2. The van der Waals surface area contributed by atoms with Crippen LogP contribution >= 0.6 is 0 Å². The molecular weight excluding hydrogens is 482 g/mol. The summed E-state index contributed by atoms with van der Waals surface area (Å²) in [7, 11) is 0. The van der Waals surface area contributed by atoms with E-state index in [2.05, 4.69) is 33.3 Å². The van der Waals surface area contributed by atoms with E-state index in [1.54, 1.807) is 0 Å². The molecule has 8 nitrogen and oxygen atoms in total. The Kier molecular flexibility index (Phi) is 8.98. The summed E-state index contributed by atoms with van der Waals surface area (Å²) in [6, 6.07) is 24.4. The van der Waals surface area contributed by atoms with Crippen LogP contribution in [-0.4, -0.2) is 41.7 Å². The number of carbonyl (C=O) groups is 3. The van der Waals surface area contributed by atoms with Crippen molar-refractivity contribution in [2.45, 2.75) is 32.0 Å². The zero-order valence-electron chi connectivity index (χ0n) is 20.9. The maximum absolute atomic E-state index is 12.6. The molecule has 0 saturated heterocycles. The lowest BCUT2D eigenvalue weighted by Gasteiger charge is -2.18. The number of nitrogens with one attached hydrogen (secondary N) is 2. The molecule has 0 saturated carbocycles. The van der Waals surface area contributed by atoms with Crippen molar-refractivity contribution in [3.8, 4) is 12.3 Å². The van der Waals surface area contributed by atoms with Crippen LogP contribution in [0.3, 0.4) is 0 Å². The third kappa shape index (κ3) is 6.71. The highest BCUT2D eigenvalue weighted by Gasteiger charge is 2.23. The van der Waals surface area contributed by atoms with Crippen LogP contribution in [0.5, 0.6) is 0 Å². The van der Waals surface area contributed by atoms with Crippen molar-refractivity contribution in [2.24, 2.45) is 0 Å². The van der Waals surface area contributed by atoms with Crippen LogP contribution in [0.1, 0.15) is 18.4 Å². The van der Waals surface area contributed by atoms with Crippen LogP contribution in [0, 0.1) is 12.3 Å². The number of esters is 1. The van der Waals surface area contributed by atoms with Crippen LogP contribution in [0.25, 0.3) is 21.8 Å². The van der Waals surface area contributed by atoms with Gasteiger partial charge in [-0.15, -0.1) is 6.42 Å². The molecular formula is C30H29N3O5. The molecule has 0 unspecified atom stereocenters. The third-order valence-corrected chi connectivity index (χ3v) is 6.08. The molecule has 194 valence electrons. The quantitative estimate of drug-likeness (QED) is 0.233. The number of fused-ring (bicyclic) bond motifs is 3. The monoisotopic (exact) mass is 511 g/mol. The Morgan fingerprint density at radius 3 is 2.16 bits per heavy atom. The molecule has 2 amide bonds. The first-order chi connectivity index (χ1) is 18.6. The van der Waals surface area contributed by atoms with Crippen LogP contribution in [0.2, 0.25) is 0 Å². The van der Waals surface area contributed by atoms with Gasteiger partial charge in [0.2, 0.25) is 5.91 Å². The van der Waals surface area contributed by atoms with E-state index in [1.165, 1.54) is 0 Å². The lowest BCUT2D eigenvalue weighted by Crippen LogP contribution is -2.47. The molecule has 0 aliphatic carbocycles. The van der Waals surface area contributed by atoms with E-state index in [-0.39, 0.29) is 32.6 Å². The van der Waals surface area contributed by atoms with Crippen molar-refractivity contribution < 1.29 is 23.9 Å². The molecule has 38 heavy (non-hydrogen) atoms. The molecule has 0 aliphatic rings. The SMILES string of the molecule is C#CCNC(=O)[C@H](CCC(=O)OCc1ccccc1)NC(=O)OCCn1c2ccccc2c2ccccc21. The second kappa shape index (κ2) is 13.0. The van der Waals surface area contributed by atoms with Crippen molar-refractivity contribution in [3.05, 3.63) is 84.4 Å². The zero-order valence-corrected chi connectivity index (χ0v) is 20.9. The maximum atomic E-state index is 12.6. The lowest BCUT2D eigenvalue weighted by atomic mass is 10.1. The van der Waals surface area contributed by atoms with Gasteiger partial charge in [0.05, 0.1) is 13.1 Å². The Balaban J connectivity index is 1.32. The zero-order chi connectivity index (χ0) is 26.7. The molecule has 4 rings (SSSR count). The summed E-state index contributed by atoms with van der Waals surface area (Å²) in [6.45, 7) is 0.650. The summed E-state index contributed by atoms with van der Waals surface area (Å²) < 4.78 is 12.8. The second-order valence-corrected chi connectivity index (χ2v) is 8.63. The topological polar surface area (TPSA) is 98.7 Å². The Bertz CT molecular complexity index is 1400. The Hall–Kier alpha value is -4.77. The van der Waals surface area contributed by atoms with Gasteiger partial charge in [-0.1, -0.05) is 72.7 Å². The van der Waals surface area contributed by atoms with Crippen LogP contribution in [0.15, 0.2) is 78.9 Å². The van der Waals surface area contributed by atoms with Gasteiger partial charge in [0, 0.05) is 28.2 Å². The maximum Gasteiger partial charge on any atom is 0.407 e. The fourth-order valence-corrected chi connectivity index (χ4v) is 4.26. The predicted molar refractivity (Wildman–Crippen MR) is 145 cm³/mol. The van der Waals surface area contributed by atoms with Crippen molar-refractivity contribution >= 4 is 39.8 Å². The highest BCUT2D eigenvalue weighted by Crippen LogP contribution is 2.28. The number of carbonyl (C=O) groups excluding carboxylic acids is 3. The molecule has 1 heterocycles. The number of alkyl carbamates (subject to hydrolysis) is 1. The number of rotatable bonds is 11. The fraction of sp³-hybridized carbons (Fsp3) is 0.233. The minimum absolute atomic E-state index is 0.00169. The number of nitrogens with zero attached hydrogens (tertiary/aromatic N) is 1. The largest absolute Gasteiger partial charge is 0.461 e. The molecule has 4 aromatic rings. The smallest absolute Gasteiger partial charge is 0.407 e. The highest BCUT2D eigenvalue weighted by molar-refractivity contribution is 6.07. The summed E-state index contributed by atoms with van der Waals surface area (Å²) in [5.74, 6) is 1.34. The van der Waals surface area contributed by atoms with Crippen LogP contribution in [-0.2, 0) is 32.2 Å².